The topological polar surface area (TPSA) is 54.4 Å². The smallest absolute Gasteiger partial charge is 0.300 e. The van der Waals surface area contributed by atoms with E-state index in [1.54, 1.807) is 0 Å². The van der Waals surface area contributed by atoms with Crippen molar-refractivity contribution >= 4 is 12.3 Å². The first-order valence-corrected chi connectivity index (χ1v) is 3.85. The van der Waals surface area contributed by atoms with Gasteiger partial charge in [-0.3, -0.25) is 11.1 Å². The Kier molecular flexibility index (Phi) is 12.9. The van der Waals surface area contributed by atoms with Gasteiger partial charge in [0.2, 0.25) is 0 Å². The number of carbonyl (C=O) groups is 1. The van der Waals surface area contributed by atoms with Crippen molar-refractivity contribution in [2.75, 3.05) is 0 Å². The van der Waals surface area contributed by atoms with Crippen LogP contribution in [-0.2, 0) is 42.3 Å². The summed E-state index contributed by atoms with van der Waals surface area (Å²) in [5.74, 6) is -1.16. The summed E-state index contributed by atoms with van der Waals surface area (Å²) in [6, 6.07) is 8.49. The summed E-state index contributed by atoms with van der Waals surface area (Å²) in [5, 5.41) is 7.87. The maximum Gasteiger partial charge on any atom is 0.300 e. The van der Waals surface area contributed by atoms with Crippen LogP contribution in [0.5, 0.6) is 0 Å². The van der Waals surface area contributed by atoms with Crippen molar-refractivity contribution in [2.24, 2.45) is 0 Å². The molecule has 1 radical (unpaired) electrons. The Morgan fingerprint density at radius 1 is 1.47 bits per heavy atom. The van der Waals surface area contributed by atoms with E-state index in [1.165, 1.54) is 30.6 Å². The number of benzene rings is 1. The fourth-order valence-electron chi connectivity index (χ4n) is 0.525. The number of carboxylic acids is 1. The molecule has 0 aliphatic heterocycles. The molecule has 1 N–H and O–H groups in total. The van der Waals surface area contributed by atoms with Gasteiger partial charge in [0.05, 0.1) is 0 Å². The molecule has 0 amide bonds. The molecule has 0 saturated carbocycles. The van der Waals surface area contributed by atoms with Gasteiger partial charge < -0.3 is 9.90 Å². The standard InChI is InChI=1S/C6H4F.C4H5O3.Y/c7-6-4-2-1-3-5-6;5-3-1-2-4(6)7;/h2-5H;1-2H2,(H,6,7);/q2*-1;. The molecule has 1 aromatic carbocycles. The number of rotatable bonds is 3. The van der Waals surface area contributed by atoms with Crippen LogP contribution in [0.15, 0.2) is 24.3 Å². The molecule has 5 heteroatoms. The minimum atomic E-state index is -0.955. The van der Waals surface area contributed by atoms with Crippen molar-refractivity contribution in [1.29, 1.82) is 0 Å². The van der Waals surface area contributed by atoms with Gasteiger partial charge in [0, 0.05) is 44.9 Å². The van der Waals surface area contributed by atoms with E-state index in [4.69, 9.17) is 5.11 Å². The van der Waals surface area contributed by atoms with Gasteiger partial charge >= 0.3 is 5.97 Å². The maximum absolute atomic E-state index is 11.9. The summed E-state index contributed by atoms with van der Waals surface area (Å²) in [6.45, 7) is 0. The summed E-state index contributed by atoms with van der Waals surface area (Å²) in [5.41, 5.74) is 0. The van der Waals surface area contributed by atoms with Crippen LogP contribution in [-0.4, -0.2) is 17.4 Å². The molecule has 3 nitrogen and oxygen atoms in total. The zero-order valence-corrected chi connectivity index (χ0v) is 10.8. The van der Waals surface area contributed by atoms with Crippen LogP contribution in [0.25, 0.3) is 0 Å². The van der Waals surface area contributed by atoms with Crippen molar-refractivity contribution in [3.63, 3.8) is 0 Å². The van der Waals surface area contributed by atoms with Gasteiger partial charge in [0.1, 0.15) is 0 Å². The first kappa shape index (κ1) is 16.8. The number of hydrogen-bond donors (Lipinski definition) is 1. The molecule has 0 heterocycles. The second-order valence-electron chi connectivity index (χ2n) is 2.26. The second kappa shape index (κ2) is 11.5. The predicted molar refractivity (Wildman–Crippen MR) is 47.8 cm³/mol. The molecule has 0 atom stereocenters. The molecule has 0 fully saturated rings. The summed E-state index contributed by atoms with van der Waals surface area (Å²) in [4.78, 5) is 18.9. The van der Waals surface area contributed by atoms with E-state index in [2.05, 4.69) is 6.07 Å². The molecule has 0 saturated heterocycles. The van der Waals surface area contributed by atoms with E-state index < -0.39 is 5.97 Å². The number of carbonyl (C=O) groups excluding carboxylic acids is 1. The quantitative estimate of drug-likeness (QED) is 0.858. The van der Waals surface area contributed by atoms with Crippen LogP contribution in [0.4, 0.5) is 4.39 Å². The van der Waals surface area contributed by atoms with E-state index in [1.807, 2.05) is 0 Å². The predicted octanol–water partition coefficient (Wildman–Crippen LogP) is 1.58. The van der Waals surface area contributed by atoms with E-state index in [9.17, 15) is 14.0 Å². The van der Waals surface area contributed by atoms with Gasteiger partial charge in [0.15, 0.2) is 0 Å². The SMILES string of the molecule is Fc1cc[c-]cc1.O=[C-]CCC(=O)O.[Y]. The van der Waals surface area contributed by atoms with Gasteiger partial charge in [-0.25, -0.2) is 4.39 Å². The Balaban J connectivity index is 0. The molecule has 1 aromatic rings. The second-order valence-corrected chi connectivity index (χ2v) is 2.26. The maximum atomic E-state index is 11.9. The van der Waals surface area contributed by atoms with Crippen molar-refractivity contribution in [2.45, 2.75) is 12.8 Å². The molecule has 0 aliphatic carbocycles. The normalized spacial score (nSPS) is 7.80. The Morgan fingerprint density at radius 2 is 2.00 bits per heavy atom. The number of hydrogen-bond acceptors (Lipinski definition) is 2. The minimum absolute atomic E-state index is 0. The van der Waals surface area contributed by atoms with E-state index in [0.29, 0.717) is 0 Å². The summed E-state index contributed by atoms with van der Waals surface area (Å²) in [7, 11) is 0. The Bertz CT molecular complexity index is 277. The molecule has 0 aromatic heterocycles. The van der Waals surface area contributed by atoms with Crippen molar-refractivity contribution in [3.8, 4) is 0 Å². The Hall–Kier alpha value is -0.606. The van der Waals surface area contributed by atoms with Gasteiger partial charge in [-0.15, -0.1) is 18.6 Å². The first-order valence-electron chi connectivity index (χ1n) is 3.85. The van der Waals surface area contributed by atoms with Crippen LogP contribution in [0, 0.1) is 11.9 Å². The van der Waals surface area contributed by atoms with Gasteiger partial charge in [-0.1, -0.05) is 0 Å². The third-order valence-corrected chi connectivity index (χ3v) is 1.12. The summed E-state index contributed by atoms with van der Waals surface area (Å²) in [6.07, 6.45) is 1.36. The summed E-state index contributed by atoms with van der Waals surface area (Å²) < 4.78 is 11.9. The van der Waals surface area contributed by atoms with Crippen LogP contribution < -0.4 is 0 Å². The first-order chi connectivity index (χ1) is 6.66. The third-order valence-electron chi connectivity index (χ3n) is 1.12. The van der Waals surface area contributed by atoms with E-state index >= 15 is 0 Å². The average molecular weight is 285 g/mol. The van der Waals surface area contributed by atoms with Crippen LogP contribution in [0.3, 0.4) is 0 Å². The zero-order chi connectivity index (χ0) is 10.8. The molecular weight excluding hydrogens is 276 g/mol. The van der Waals surface area contributed by atoms with Crippen molar-refractivity contribution in [1.82, 2.24) is 0 Å². The molecule has 0 bridgehead atoms. The fourth-order valence-corrected chi connectivity index (χ4v) is 0.525. The van der Waals surface area contributed by atoms with Gasteiger partial charge in [0.25, 0.3) is 0 Å². The number of carboxylic acid groups (broad SMARTS) is 1. The molecule has 1 rings (SSSR count). The molecule has 0 aliphatic rings. The number of halogens is 1. The average Bonchev–Trinajstić information content (AvgIpc) is 2.17. The summed E-state index contributed by atoms with van der Waals surface area (Å²) >= 11 is 0. The molecule has 79 valence electrons. The van der Waals surface area contributed by atoms with E-state index in [-0.39, 0.29) is 51.4 Å². The van der Waals surface area contributed by atoms with Crippen LogP contribution in [0.2, 0.25) is 0 Å². The monoisotopic (exact) mass is 285 g/mol. The molecular formula is C10H9FO3Y-2. The van der Waals surface area contributed by atoms with E-state index in [0.717, 1.165) is 0 Å². The molecule has 15 heavy (non-hydrogen) atoms. The van der Waals surface area contributed by atoms with Crippen LogP contribution in [0.1, 0.15) is 12.8 Å². The minimum Gasteiger partial charge on any atom is -0.542 e. The molecule has 0 spiro atoms. The van der Waals surface area contributed by atoms with Crippen molar-refractivity contribution in [3.05, 3.63) is 36.1 Å². The number of aliphatic carboxylic acids is 1. The Morgan fingerprint density at radius 3 is 2.20 bits per heavy atom. The van der Waals surface area contributed by atoms with Gasteiger partial charge in [-0.2, -0.15) is 18.2 Å². The molecule has 0 unspecified atom stereocenters. The van der Waals surface area contributed by atoms with Crippen LogP contribution >= 0.6 is 0 Å². The van der Waals surface area contributed by atoms with Crippen molar-refractivity contribution < 1.29 is 51.8 Å². The third kappa shape index (κ3) is 13.4. The van der Waals surface area contributed by atoms with Gasteiger partial charge in [-0.05, 0) is 0 Å². The Labute approximate surface area is 113 Å². The fraction of sp³-hybridized carbons (Fsp3) is 0.200. The largest absolute Gasteiger partial charge is 0.542 e. The zero-order valence-electron chi connectivity index (χ0n) is 7.94.